The Kier molecular flexibility index (Phi) is 3.59. The number of hydrogen-bond donors (Lipinski definition) is 2. The number of fused-ring (bicyclic) bond motifs is 1. The molecule has 0 aromatic carbocycles. The minimum Gasteiger partial charge on any atom is -0.359 e. The molecule has 22 heavy (non-hydrogen) atoms. The Labute approximate surface area is 128 Å². The number of rotatable bonds is 2. The zero-order valence-corrected chi connectivity index (χ0v) is 13.0. The van der Waals surface area contributed by atoms with Crippen molar-refractivity contribution in [2.75, 3.05) is 5.32 Å². The van der Waals surface area contributed by atoms with Gasteiger partial charge in [-0.25, -0.2) is 14.5 Å². The van der Waals surface area contributed by atoms with Gasteiger partial charge in [0, 0.05) is 17.9 Å². The van der Waals surface area contributed by atoms with E-state index >= 15 is 0 Å². The van der Waals surface area contributed by atoms with E-state index in [1.807, 2.05) is 25.5 Å². The summed E-state index contributed by atoms with van der Waals surface area (Å²) in [7, 11) is 0. The summed E-state index contributed by atoms with van der Waals surface area (Å²) in [5, 5.41) is 13.6. The Hall–Kier alpha value is -2.38. The highest BCUT2D eigenvalue weighted by molar-refractivity contribution is 5.88. The number of carbonyl (C=O) groups excluding carboxylic acids is 1. The Bertz CT molecular complexity index is 669. The maximum atomic E-state index is 12.0. The molecule has 2 N–H and O–H groups in total. The topological polar surface area (TPSA) is 97.9 Å². The smallest absolute Gasteiger partial charge is 0.320 e. The van der Waals surface area contributed by atoms with Gasteiger partial charge in [-0.1, -0.05) is 25.9 Å². The van der Waals surface area contributed by atoms with Gasteiger partial charge in [-0.3, -0.25) is 5.32 Å². The van der Waals surface area contributed by atoms with E-state index in [0.29, 0.717) is 12.4 Å². The molecule has 0 spiro atoms. The van der Waals surface area contributed by atoms with E-state index in [4.69, 9.17) is 4.52 Å². The zero-order valence-electron chi connectivity index (χ0n) is 13.0. The minimum absolute atomic E-state index is 0.0307. The molecule has 0 fully saturated rings. The molecule has 1 aliphatic rings. The largest absolute Gasteiger partial charge is 0.359 e. The highest BCUT2D eigenvalue weighted by atomic mass is 16.5. The third-order valence-corrected chi connectivity index (χ3v) is 3.63. The normalized spacial score (nSPS) is 17.9. The molecule has 8 nitrogen and oxygen atoms in total. The summed E-state index contributed by atoms with van der Waals surface area (Å²) in [5.74, 6) is 2.11. The van der Waals surface area contributed by atoms with Crippen molar-refractivity contribution in [3.63, 3.8) is 0 Å². The number of hydrogen-bond acceptors (Lipinski definition) is 5. The molecule has 1 atom stereocenters. The summed E-state index contributed by atoms with van der Waals surface area (Å²) in [6.45, 7) is 6.70. The number of aromatic nitrogens is 4. The van der Waals surface area contributed by atoms with Crippen molar-refractivity contribution in [2.45, 2.75) is 51.6 Å². The highest BCUT2D eigenvalue weighted by Gasteiger charge is 2.23. The van der Waals surface area contributed by atoms with E-state index in [1.54, 1.807) is 12.4 Å². The molecule has 3 rings (SSSR count). The standard InChI is InChI=1S/C14H20N6O2/c1-14(2,3)10-6-11(19-22-10)18-13(21)17-9-4-5-12-15-8-16-20(12)7-9/h6,8-9H,4-5,7H2,1-3H3,(H2,17,18,19,21)/t9-/m0/s1. The van der Waals surface area contributed by atoms with E-state index in [9.17, 15) is 4.79 Å². The number of nitrogens with one attached hydrogen (secondary N) is 2. The average molecular weight is 304 g/mol. The lowest BCUT2D eigenvalue weighted by Crippen LogP contribution is -2.43. The number of nitrogens with zero attached hydrogens (tertiary/aromatic N) is 4. The van der Waals surface area contributed by atoms with E-state index in [2.05, 4.69) is 25.9 Å². The fourth-order valence-electron chi connectivity index (χ4n) is 2.38. The van der Waals surface area contributed by atoms with Gasteiger partial charge in [0.15, 0.2) is 5.82 Å². The Morgan fingerprint density at radius 3 is 3.00 bits per heavy atom. The van der Waals surface area contributed by atoms with Crippen molar-refractivity contribution < 1.29 is 9.32 Å². The van der Waals surface area contributed by atoms with Crippen LogP contribution in [0.2, 0.25) is 0 Å². The van der Waals surface area contributed by atoms with Crippen LogP contribution in [0.1, 0.15) is 38.8 Å². The molecule has 0 saturated heterocycles. The predicted octanol–water partition coefficient (Wildman–Crippen LogP) is 1.70. The maximum absolute atomic E-state index is 12.0. The summed E-state index contributed by atoms with van der Waals surface area (Å²) >= 11 is 0. The monoisotopic (exact) mass is 304 g/mol. The van der Waals surface area contributed by atoms with Crippen LogP contribution in [-0.2, 0) is 18.4 Å². The molecule has 2 amide bonds. The van der Waals surface area contributed by atoms with Gasteiger partial charge in [0.05, 0.1) is 12.6 Å². The highest BCUT2D eigenvalue weighted by Crippen LogP contribution is 2.24. The molecule has 0 aliphatic carbocycles. The Morgan fingerprint density at radius 1 is 1.45 bits per heavy atom. The van der Waals surface area contributed by atoms with E-state index in [1.165, 1.54) is 0 Å². The lowest BCUT2D eigenvalue weighted by atomic mass is 9.93. The predicted molar refractivity (Wildman–Crippen MR) is 79.5 cm³/mol. The first kappa shape index (κ1) is 14.6. The first-order valence-corrected chi connectivity index (χ1v) is 7.33. The van der Waals surface area contributed by atoms with Crippen LogP contribution in [0, 0.1) is 0 Å². The molecule has 1 aliphatic heterocycles. The second kappa shape index (κ2) is 5.43. The number of anilines is 1. The van der Waals surface area contributed by atoms with Crippen molar-refractivity contribution in [3.8, 4) is 0 Å². The summed E-state index contributed by atoms with van der Waals surface area (Å²) < 4.78 is 7.06. The van der Waals surface area contributed by atoms with Crippen LogP contribution in [0.25, 0.3) is 0 Å². The summed E-state index contributed by atoms with van der Waals surface area (Å²) in [6.07, 6.45) is 3.20. The Morgan fingerprint density at radius 2 is 2.27 bits per heavy atom. The third-order valence-electron chi connectivity index (χ3n) is 3.63. The molecule has 118 valence electrons. The molecule has 0 saturated carbocycles. The lowest BCUT2D eigenvalue weighted by Gasteiger charge is -2.23. The second-order valence-corrected chi connectivity index (χ2v) is 6.52. The molecule has 2 aromatic heterocycles. The molecular formula is C14H20N6O2. The van der Waals surface area contributed by atoms with Crippen LogP contribution in [0.3, 0.4) is 0 Å². The second-order valence-electron chi connectivity index (χ2n) is 6.52. The van der Waals surface area contributed by atoms with Gasteiger partial charge < -0.3 is 9.84 Å². The fraction of sp³-hybridized carbons (Fsp3) is 0.571. The third kappa shape index (κ3) is 3.10. The van der Waals surface area contributed by atoms with Gasteiger partial charge in [-0.05, 0) is 6.42 Å². The summed E-state index contributed by atoms with van der Waals surface area (Å²) in [6, 6.07) is 1.49. The summed E-state index contributed by atoms with van der Waals surface area (Å²) in [5.41, 5.74) is -0.143. The van der Waals surface area contributed by atoms with Crippen molar-refractivity contribution in [3.05, 3.63) is 24.0 Å². The van der Waals surface area contributed by atoms with Crippen LogP contribution in [-0.4, -0.2) is 32.0 Å². The number of aryl methyl sites for hydroxylation is 1. The van der Waals surface area contributed by atoms with Crippen LogP contribution in [0.15, 0.2) is 16.9 Å². The van der Waals surface area contributed by atoms with E-state index < -0.39 is 0 Å². The zero-order chi connectivity index (χ0) is 15.7. The molecule has 0 radical (unpaired) electrons. The van der Waals surface area contributed by atoms with Gasteiger partial charge in [0.25, 0.3) is 0 Å². The van der Waals surface area contributed by atoms with E-state index in [-0.39, 0.29) is 17.5 Å². The van der Waals surface area contributed by atoms with Crippen LogP contribution in [0.5, 0.6) is 0 Å². The van der Waals surface area contributed by atoms with Crippen LogP contribution < -0.4 is 10.6 Å². The van der Waals surface area contributed by atoms with Gasteiger partial charge in [0.2, 0.25) is 0 Å². The van der Waals surface area contributed by atoms with Crippen molar-refractivity contribution in [2.24, 2.45) is 0 Å². The average Bonchev–Trinajstić information content (AvgIpc) is 3.05. The number of amides is 2. The molecule has 2 aromatic rings. The van der Waals surface area contributed by atoms with Crippen LogP contribution in [0.4, 0.5) is 10.6 Å². The quantitative estimate of drug-likeness (QED) is 0.880. The molecular weight excluding hydrogens is 284 g/mol. The maximum Gasteiger partial charge on any atom is 0.320 e. The van der Waals surface area contributed by atoms with Gasteiger partial charge in [-0.15, -0.1) is 0 Å². The minimum atomic E-state index is -0.290. The van der Waals surface area contributed by atoms with Crippen molar-refractivity contribution in [1.29, 1.82) is 0 Å². The fourth-order valence-corrected chi connectivity index (χ4v) is 2.38. The van der Waals surface area contributed by atoms with Crippen molar-refractivity contribution >= 4 is 11.8 Å². The van der Waals surface area contributed by atoms with Crippen molar-refractivity contribution in [1.82, 2.24) is 25.2 Å². The lowest BCUT2D eigenvalue weighted by molar-refractivity contribution is 0.243. The van der Waals surface area contributed by atoms with Crippen LogP contribution >= 0.6 is 0 Å². The number of carbonyl (C=O) groups is 1. The van der Waals surface area contributed by atoms with Gasteiger partial charge >= 0.3 is 6.03 Å². The molecule has 8 heteroatoms. The first-order chi connectivity index (χ1) is 10.4. The SMILES string of the molecule is CC(C)(C)c1cc(NC(=O)N[C@H]2CCc3ncnn3C2)no1. The molecule has 3 heterocycles. The summed E-state index contributed by atoms with van der Waals surface area (Å²) in [4.78, 5) is 16.2. The molecule has 0 unspecified atom stereocenters. The molecule has 0 bridgehead atoms. The van der Waals surface area contributed by atoms with Gasteiger partial charge in [-0.2, -0.15) is 5.10 Å². The Balaban J connectivity index is 1.56. The van der Waals surface area contributed by atoms with Gasteiger partial charge in [0.1, 0.15) is 17.9 Å². The first-order valence-electron chi connectivity index (χ1n) is 7.33. The van der Waals surface area contributed by atoms with E-state index in [0.717, 1.165) is 24.4 Å². The number of urea groups is 1.